The Kier molecular flexibility index (Phi) is 7.21. The average Bonchev–Trinajstić information content (AvgIpc) is 3.39. The van der Waals surface area contributed by atoms with Crippen LogP contribution in [0.25, 0.3) is 11.3 Å². The van der Waals surface area contributed by atoms with Gasteiger partial charge in [0.25, 0.3) is 0 Å². The van der Waals surface area contributed by atoms with Gasteiger partial charge >= 0.3 is 0 Å². The highest BCUT2D eigenvalue weighted by atomic mass is 32.1. The molecule has 0 bridgehead atoms. The number of nitrogens with one attached hydrogen (secondary N) is 2. The van der Waals surface area contributed by atoms with E-state index >= 15 is 0 Å². The third kappa shape index (κ3) is 6.10. The highest BCUT2D eigenvalue weighted by molar-refractivity contribution is 7.14. The number of nitrogens with zero attached hydrogens (tertiary/aromatic N) is 2. The van der Waals surface area contributed by atoms with Crippen molar-refractivity contribution < 1.29 is 23.2 Å². The number of carbonyl (C=O) groups excluding carboxylic acids is 2. The lowest BCUT2D eigenvalue weighted by Crippen LogP contribution is -2.14. The Morgan fingerprint density at radius 3 is 2.54 bits per heavy atom. The second kappa shape index (κ2) is 10.5. The molecule has 0 aliphatic rings. The van der Waals surface area contributed by atoms with Crippen LogP contribution in [0.1, 0.15) is 29.5 Å². The molecule has 0 saturated heterocycles. The van der Waals surface area contributed by atoms with Crippen LogP contribution in [0.4, 0.5) is 15.2 Å². The maximum Gasteiger partial charge on any atom is 0.230 e. The number of carbonyl (C=O) groups is 2. The number of hydrogen-bond acceptors (Lipinski definition) is 7. The zero-order chi connectivity index (χ0) is 24.9. The third-order valence-corrected chi connectivity index (χ3v) is 5.93. The van der Waals surface area contributed by atoms with E-state index in [1.54, 1.807) is 23.6 Å². The van der Waals surface area contributed by atoms with E-state index in [-0.39, 0.29) is 23.8 Å². The van der Waals surface area contributed by atoms with Gasteiger partial charge in [0, 0.05) is 23.6 Å². The number of anilines is 2. The van der Waals surface area contributed by atoms with Crippen molar-refractivity contribution in [2.24, 2.45) is 0 Å². The molecule has 2 aromatic heterocycles. The number of ether oxygens (including phenoxy) is 1. The fourth-order valence-corrected chi connectivity index (χ4v) is 4.10. The van der Waals surface area contributed by atoms with Crippen LogP contribution in [0.15, 0.2) is 52.4 Å². The van der Waals surface area contributed by atoms with Crippen molar-refractivity contribution in [1.29, 1.82) is 0 Å². The second-order valence-corrected chi connectivity index (χ2v) is 8.73. The highest BCUT2D eigenvalue weighted by Crippen LogP contribution is 2.29. The Hall–Kier alpha value is -4.05. The van der Waals surface area contributed by atoms with Gasteiger partial charge in [0.1, 0.15) is 23.9 Å². The van der Waals surface area contributed by atoms with Crippen molar-refractivity contribution in [3.63, 3.8) is 0 Å². The Bertz CT molecular complexity index is 1340. The monoisotopic (exact) mass is 494 g/mol. The number of halogens is 1. The van der Waals surface area contributed by atoms with Crippen molar-refractivity contribution in [2.45, 2.75) is 33.8 Å². The summed E-state index contributed by atoms with van der Waals surface area (Å²) in [5.41, 5.74) is 3.57. The molecule has 4 aromatic rings. The minimum absolute atomic E-state index is 0.152. The molecule has 0 aliphatic heterocycles. The number of aromatic nitrogens is 2. The summed E-state index contributed by atoms with van der Waals surface area (Å²) in [6.45, 7) is 5.41. The molecule has 8 nitrogen and oxygen atoms in total. The first-order valence-electron chi connectivity index (χ1n) is 10.7. The van der Waals surface area contributed by atoms with Crippen LogP contribution in [0.3, 0.4) is 0 Å². The molecule has 0 atom stereocenters. The Labute approximate surface area is 205 Å². The number of rotatable bonds is 8. The van der Waals surface area contributed by atoms with Crippen LogP contribution < -0.4 is 15.4 Å². The van der Waals surface area contributed by atoms with Gasteiger partial charge in [0.2, 0.25) is 11.8 Å². The molecule has 2 aromatic carbocycles. The van der Waals surface area contributed by atoms with E-state index in [4.69, 9.17) is 9.26 Å². The Morgan fingerprint density at radius 1 is 1.11 bits per heavy atom. The van der Waals surface area contributed by atoms with Gasteiger partial charge in [-0.2, -0.15) is 0 Å². The molecule has 35 heavy (non-hydrogen) atoms. The van der Waals surface area contributed by atoms with Crippen LogP contribution >= 0.6 is 11.3 Å². The van der Waals surface area contributed by atoms with E-state index in [1.165, 1.54) is 30.4 Å². The van der Waals surface area contributed by atoms with E-state index < -0.39 is 5.82 Å². The van der Waals surface area contributed by atoms with E-state index in [2.05, 4.69) is 20.8 Å². The van der Waals surface area contributed by atoms with Crippen molar-refractivity contribution in [3.8, 4) is 17.0 Å². The van der Waals surface area contributed by atoms with Gasteiger partial charge in [0.05, 0.1) is 23.4 Å². The zero-order valence-corrected chi connectivity index (χ0v) is 20.2. The standard InChI is InChI=1S/C25H23FN4O4S/c1-14-21(15(2)34-30-14)12-33-19-7-4-17(5-8-19)10-24(32)29-25-28-23(13-35-25)20-9-6-18(11-22(20)26)27-16(3)31/h4-9,11,13H,10,12H2,1-3H3,(H,27,31)(H,28,29,32). The summed E-state index contributed by atoms with van der Waals surface area (Å²) in [5.74, 6) is 0.360. The quantitative estimate of drug-likeness (QED) is 0.346. The van der Waals surface area contributed by atoms with Gasteiger partial charge in [-0.25, -0.2) is 9.37 Å². The summed E-state index contributed by atoms with van der Waals surface area (Å²) >= 11 is 1.20. The smallest absolute Gasteiger partial charge is 0.230 e. The van der Waals surface area contributed by atoms with Crippen molar-refractivity contribution >= 4 is 34.0 Å². The lowest BCUT2D eigenvalue weighted by atomic mass is 10.1. The van der Waals surface area contributed by atoms with Crippen LogP contribution in [-0.2, 0) is 22.6 Å². The van der Waals surface area contributed by atoms with Gasteiger partial charge in [-0.05, 0) is 49.7 Å². The van der Waals surface area contributed by atoms with Gasteiger partial charge in [-0.1, -0.05) is 17.3 Å². The van der Waals surface area contributed by atoms with Crippen molar-refractivity contribution in [3.05, 3.63) is 76.2 Å². The van der Waals surface area contributed by atoms with Gasteiger partial charge in [0.15, 0.2) is 5.13 Å². The Morgan fingerprint density at radius 2 is 1.89 bits per heavy atom. The Balaban J connectivity index is 1.32. The highest BCUT2D eigenvalue weighted by Gasteiger charge is 2.13. The van der Waals surface area contributed by atoms with Gasteiger partial charge in [-0.15, -0.1) is 11.3 Å². The summed E-state index contributed by atoms with van der Waals surface area (Å²) in [4.78, 5) is 27.9. The number of thiazole rings is 1. The lowest BCUT2D eigenvalue weighted by Gasteiger charge is -2.07. The summed E-state index contributed by atoms with van der Waals surface area (Å²) in [5, 5.41) is 11.2. The fourth-order valence-electron chi connectivity index (χ4n) is 3.37. The van der Waals surface area contributed by atoms with Gasteiger partial charge in [-0.3, -0.25) is 9.59 Å². The summed E-state index contributed by atoms with van der Waals surface area (Å²) in [6, 6.07) is 11.6. The zero-order valence-electron chi connectivity index (χ0n) is 19.3. The molecule has 2 heterocycles. The molecule has 2 N–H and O–H groups in total. The topological polar surface area (TPSA) is 106 Å². The predicted molar refractivity (Wildman–Crippen MR) is 131 cm³/mol. The molecule has 4 rings (SSSR count). The molecule has 10 heteroatoms. The molecule has 0 radical (unpaired) electrons. The number of amides is 2. The largest absolute Gasteiger partial charge is 0.489 e. The molecule has 2 amide bonds. The molecule has 0 unspecified atom stereocenters. The van der Waals surface area contributed by atoms with E-state index in [9.17, 15) is 14.0 Å². The predicted octanol–water partition coefficient (Wildman–Crippen LogP) is 5.27. The number of hydrogen-bond donors (Lipinski definition) is 2. The van der Waals surface area contributed by atoms with E-state index in [0.717, 1.165) is 22.6 Å². The third-order valence-electron chi connectivity index (χ3n) is 5.17. The fraction of sp³-hybridized carbons (Fsp3) is 0.200. The second-order valence-electron chi connectivity index (χ2n) is 7.87. The number of aryl methyl sites for hydroxylation is 2. The molecule has 0 spiro atoms. The lowest BCUT2D eigenvalue weighted by molar-refractivity contribution is -0.116. The summed E-state index contributed by atoms with van der Waals surface area (Å²) in [7, 11) is 0. The summed E-state index contributed by atoms with van der Waals surface area (Å²) in [6.07, 6.45) is 0.152. The minimum atomic E-state index is -0.518. The van der Waals surface area contributed by atoms with Crippen LogP contribution in [-0.4, -0.2) is 22.0 Å². The first kappa shape index (κ1) is 24.1. The van der Waals surface area contributed by atoms with Crippen molar-refractivity contribution in [2.75, 3.05) is 10.6 Å². The number of benzene rings is 2. The molecule has 0 aliphatic carbocycles. The molecule has 0 saturated carbocycles. The molecule has 0 fully saturated rings. The van der Waals surface area contributed by atoms with E-state index in [0.29, 0.717) is 28.9 Å². The minimum Gasteiger partial charge on any atom is -0.489 e. The molecular weight excluding hydrogens is 471 g/mol. The molecule has 180 valence electrons. The maximum atomic E-state index is 14.5. The maximum absolute atomic E-state index is 14.5. The van der Waals surface area contributed by atoms with Crippen LogP contribution in [0, 0.1) is 19.7 Å². The van der Waals surface area contributed by atoms with E-state index in [1.807, 2.05) is 26.0 Å². The first-order chi connectivity index (χ1) is 16.8. The SMILES string of the molecule is CC(=O)Nc1ccc(-c2csc(NC(=O)Cc3ccc(OCc4c(C)noc4C)cc3)n2)c(F)c1. The molecular formula is C25H23FN4O4S. The van der Waals surface area contributed by atoms with Crippen LogP contribution in [0.2, 0.25) is 0 Å². The summed E-state index contributed by atoms with van der Waals surface area (Å²) < 4.78 is 25.4. The van der Waals surface area contributed by atoms with Crippen molar-refractivity contribution in [1.82, 2.24) is 10.1 Å². The average molecular weight is 495 g/mol. The normalized spacial score (nSPS) is 10.7. The van der Waals surface area contributed by atoms with Crippen LogP contribution in [0.5, 0.6) is 5.75 Å². The van der Waals surface area contributed by atoms with Gasteiger partial charge < -0.3 is 19.9 Å². The first-order valence-corrected chi connectivity index (χ1v) is 11.6.